The standard InChI is InChI=1S/C45H54N4O8.C9H11F2N3O4.2C4H6O6.ClH/c1-8-27-19-28-22-44(40(51)55-6,36-30(25-48(23-27)24-28)29-13-10-11-14-33(29)46-36)32-20-31-34(21-35(32)54-5)47(4)38-43(31)16-18-49-17-12-15-42(9-2,37(43)49)39(57-26(3)50)45(38,53)41(52)56-7;10-9(11)6(16)4(3-15)18-7(9)14-2-1-5(12)13-8(14)17;2*5-1(3(7)8)2(6)4(9)10;/h10-15,19-21,28,37-39,46,53H,8-9,16-18,22-25H2,1-7H3;1-2,4,6-7,15-16H,3H2,(H2,12,13,17);2*1-2,5-6H,(H,7,8)(H,9,10);1H/t28-,37-,38+,39+,42+,43+,44-,45-;4-,6-,7-;;;/m01.../s1. The van der Waals surface area contributed by atoms with Gasteiger partial charge in [-0.1, -0.05) is 55.8 Å². The van der Waals surface area contributed by atoms with E-state index in [1.807, 2.05) is 37.1 Å². The van der Waals surface area contributed by atoms with Gasteiger partial charge >= 0.3 is 53.4 Å². The fraction of sp³-hybridized carbons (Fsp3) is 0.532. The smallest absolute Gasteiger partial charge is 0.351 e. The number of carboxylic acids is 4. The van der Waals surface area contributed by atoms with Crippen LogP contribution in [-0.2, 0) is 69.9 Å². The van der Waals surface area contributed by atoms with Crippen LogP contribution in [0.5, 0.6) is 5.75 Å². The van der Waals surface area contributed by atoms with E-state index in [1.165, 1.54) is 26.7 Å². The predicted molar refractivity (Wildman–Crippen MR) is 331 cm³/mol. The minimum atomic E-state index is -3.71. The lowest BCUT2D eigenvalue weighted by Gasteiger charge is -2.63. The van der Waals surface area contributed by atoms with Gasteiger partial charge < -0.3 is 95.5 Å². The molecule has 1 saturated carbocycles. The van der Waals surface area contributed by atoms with E-state index in [1.54, 1.807) is 7.11 Å². The largest absolute Gasteiger partial charge is 0.496 e. The highest BCUT2D eigenvalue weighted by Crippen LogP contribution is 2.68. The summed E-state index contributed by atoms with van der Waals surface area (Å²) < 4.78 is 56.6. The third-order valence-electron chi connectivity index (χ3n) is 19.0. The maximum absolute atomic E-state index is 15.2. The number of alkyl halides is 2. The van der Waals surface area contributed by atoms with Crippen LogP contribution < -0.4 is 21.1 Å². The Labute approximate surface area is 551 Å². The number of hydrogen-bond donors (Lipinski definition) is 13. The molecule has 2 bridgehead atoms. The van der Waals surface area contributed by atoms with Gasteiger partial charge in [0.05, 0.1) is 34.0 Å². The second-order valence-electron chi connectivity index (χ2n) is 24.2. The van der Waals surface area contributed by atoms with E-state index >= 15 is 4.79 Å². The molecule has 16 atom stereocenters. The Balaban J connectivity index is 0.000000270. The number of carbonyl (C=O) groups excluding carboxylic acids is 3. The van der Waals surface area contributed by atoms with E-state index in [0.717, 1.165) is 65.2 Å². The molecular weight excluding hydrogens is 1300 g/mol. The molecule has 6 aliphatic heterocycles. The summed E-state index contributed by atoms with van der Waals surface area (Å²) in [5.41, 5.74) is 5.26. The number of halogens is 3. The Morgan fingerprint density at radius 1 is 0.865 bits per heavy atom. The number of para-hydroxylation sites is 1. The second kappa shape index (κ2) is 28.8. The molecule has 11 rings (SSSR count). The number of rotatable bonds is 15. The van der Waals surface area contributed by atoms with Crippen molar-refractivity contribution in [3.63, 3.8) is 0 Å². The summed E-state index contributed by atoms with van der Waals surface area (Å²) in [5, 5.41) is 97.5. The van der Waals surface area contributed by atoms with Crippen molar-refractivity contribution in [2.45, 2.75) is 136 Å². The first kappa shape index (κ1) is 75.2. The number of aliphatic hydroxyl groups is 7. The average Bonchev–Trinajstić information content (AvgIpc) is 1.45. The Morgan fingerprint density at radius 3 is 1.99 bits per heavy atom. The van der Waals surface area contributed by atoms with E-state index in [9.17, 15) is 52.6 Å². The zero-order valence-corrected chi connectivity index (χ0v) is 53.8. The van der Waals surface area contributed by atoms with Crippen LogP contribution in [0.2, 0.25) is 0 Å². The molecule has 4 aromatic rings. The van der Waals surface area contributed by atoms with Crippen molar-refractivity contribution in [1.82, 2.24) is 24.3 Å². The number of fused-ring (bicyclic) bond motifs is 6. The van der Waals surface area contributed by atoms with Gasteiger partial charge in [0.2, 0.25) is 11.8 Å². The summed E-state index contributed by atoms with van der Waals surface area (Å²) >= 11 is 0. The number of aliphatic hydroxyl groups excluding tert-OH is 6. The van der Waals surface area contributed by atoms with Crippen LogP contribution in [0.3, 0.4) is 0 Å². The Morgan fingerprint density at radius 2 is 1.47 bits per heavy atom. The molecule has 4 unspecified atom stereocenters. The number of H-pyrrole nitrogens is 1. The van der Waals surface area contributed by atoms with Crippen LogP contribution in [-0.4, -0.2) is 250 Å². The van der Waals surface area contributed by atoms with E-state index in [2.05, 4.69) is 63.1 Å². The first-order valence-corrected chi connectivity index (χ1v) is 30.0. The first-order chi connectivity index (χ1) is 44.7. The minimum Gasteiger partial charge on any atom is -0.496 e. The number of nitrogens with one attached hydrogen (secondary N) is 1. The van der Waals surface area contributed by atoms with Gasteiger partial charge in [-0.05, 0) is 67.5 Å². The average molecular weight is 1380 g/mol. The van der Waals surface area contributed by atoms with Gasteiger partial charge in [0.15, 0.2) is 36.6 Å². The van der Waals surface area contributed by atoms with Crippen LogP contribution in [0.15, 0.2) is 77.3 Å². The molecule has 8 heterocycles. The van der Waals surface area contributed by atoms with Crippen molar-refractivity contribution >= 4 is 76.6 Å². The molecule has 2 saturated heterocycles. The van der Waals surface area contributed by atoms with E-state index < -0.39 is 131 Å². The van der Waals surface area contributed by atoms with Crippen LogP contribution in [0.4, 0.5) is 20.3 Å². The maximum atomic E-state index is 15.2. The lowest BCUT2D eigenvalue weighted by Crippen LogP contribution is -2.81. The van der Waals surface area contributed by atoms with Gasteiger partial charge in [0.25, 0.3) is 0 Å². The number of aromatic nitrogens is 3. The highest BCUT2D eigenvalue weighted by atomic mass is 35.5. The lowest BCUT2D eigenvalue weighted by atomic mass is 9.47. The van der Waals surface area contributed by atoms with Crippen LogP contribution in [0.1, 0.15) is 75.1 Å². The summed E-state index contributed by atoms with van der Waals surface area (Å²) in [4.78, 5) is 107. The number of nitrogens with two attached hydrogens (primary N) is 1. The number of aliphatic carboxylic acids is 4. The van der Waals surface area contributed by atoms with Crippen molar-refractivity contribution in [2.24, 2.45) is 11.3 Å². The third kappa shape index (κ3) is 12.6. The Hall–Kier alpha value is -8.22. The van der Waals surface area contributed by atoms with Crippen molar-refractivity contribution in [1.29, 1.82) is 0 Å². The molecule has 1 spiro atoms. The molecule has 526 valence electrons. The number of methoxy groups -OCH3 is 3. The van der Waals surface area contributed by atoms with Crippen molar-refractivity contribution in [3.8, 4) is 5.75 Å². The van der Waals surface area contributed by atoms with Gasteiger partial charge in [-0.25, -0.2) is 28.8 Å². The van der Waals surface area contributed by atoms with E-state index in [0.29, 0.717) is 54.8 Å². The molecular formula is C62H78ClF2N7O24. The zero-order valence-electron chi connectivity index (χ0n) is 53.0. The van der Waals surface area contributed by atoms with Crippen molar-refractivity contribution < 1.29 is 122 Å². The summed E-state index contributed by atoms with van der Waals surface area (Å²) in [5.74, 6) is -12.2. The number of likely N-dealkylation sites (N-methyl/N-ethyl adjacent to an activating group) is 1. The molecule has 7 aliphatic rings. The normalized spacial score (nSPS) is 29.8. The zero-order chi connectivity index (χ0) is 70.4. The number of nitrogens with zero attached hydrogens (tertiary/aromatic N) is 5. The van der Waals surface area contributed by atoms with Gasteiger partial charge in [0.1, 0.15) is 23.1 Å². The number of nitrogen functional groups attached to an aromatic ring is 1. The van der Waals surface area contributed by atoms with Crippen LogP contribution in [0.25, 0.3) is 10.9 Å². The molecule has 2 aromatic carbocycles. The fourth-order valence-electron chi connectivity index (χ4n) is 15.1. The monoisotopic (exact) mass is 1380 g/mol. The second-order valence-corrected chi connectivity index (χ2v) is 24.2. The van der Waals surface area contributed by atoms with Crippen molar-refractivity contribution in [3.05, 3.63) is 105 Å². The van der Waals surface area contributed by atoms with E-state index in [4.69, 9.17) is 75.4 Å². The van der Waals surface area contributed by atoms with Gasteiger partial charge in [-0.3, -0.25) is 24.0 Å². The number of hydrogen-bond acceptors (Lipinski definition) is 25. The molecule has 96 heavy (non-hydrogen) atoms. The fourth-order valence-corrected chi connectivity index (χ4v) is 15.1. The maximum Gasteiger partial charge on any atom is 0.351 e. The van der Waals surface area contributed by atoms with Crippen LogP contribution >= 0.6 is 12.4 Å². The number of carboxylic acid groups (broad SMARTS) is 4. The van der Waals surface area contributed by atoms with Gasteiger partial charge in [0, 0.05) is 97.1 Å². The Kier molecular flexibility index (Phi) is 22.6. The molecule has 1 aliphatic carbocycles. The van der Waals surface area contributed by atoms with E-state index in [-0.39, 0.29) is 36.2 Å². The number of carbonyl (C=O) groups is 7. The molecule has 0 amide bonds. The number of esters is 3. The van der Waals surface area contributed by atoms with Crippen molar-refractivity contribution in [2.75, 3.05) is 71.8 Å². The Bertz CT molecular complexity index is 3690. The molecule has 14 N–H and O–H groups in total. The topological polar surface area (TPSA) is 475 Å². The summed E-state index contributed by atoms with van der Waals surface area (Å²) in [6.07, 6.45) is -6.08. The predicted octanol–water partition coefficient (Wildman–Crippen LogP) is -0.358. The summed E-state index contributed by atoms with van der Waals surface area (Å²) in [6, 6.07) is 12.3. The first-order valence-electron chi connectivity index (χ1n) is 30.0. The number of ether oxygens (including phenoxy) is 5. The van der Waals surface area contributed by atoms with Gasteiger partial charge in [-0.15, -0.1) is 12.4 Å². The SMILES string of the molecule is CCC1=C[C@@H]2C[N@](C1)Cc1c([nH]c3ccccc13)[C@@](C(=O)OC)(c1cc3c(cc1OC)N(C)[C@H]1[C@@](O)(C(=O)OC)[C@H](OC(C)=O)[C@]4(CC)C=CCN5CC[C@]31[C@@H]54)C2.Cl.Nc1ccn([C@@H]2O[C@H](CO)[C@@H](O)C2(F)F)c(=O)n1.O=C(O)C(O)C(O)C(=O)O.O=C(O)C(O)C(O)C(=O)O. The summed E-state index contributed by atoms with van der Waals surface area (Å²) in [7, 11) is 6.22. The molecule has 3 fully saturated rings. The quantitative estimate of drug-likeness (QED) is 0.0411. The number of benzene rings is 2. The molecule has 34 heteroatoms. The van der Waals surface area contributed by atoms with Gasteiger partial charge in [-0.2, -0.15) is 13.8 Å². The highest BCUT2D eigenvalue weighted by molar-refractivity contribution is 5.95. The number of anilines is 2. The highest BCUT2D eigenvalue weighted by Gasteiger charge is 2.80. The number of aromatic amines is 1. The molecule has 2 aromatic heterocycles. The minimum absolute atomic E-state index is 0. The molecule has 0 radical (unpaired) electrons. The summed E-state index contributed by atoms with van der Waals surface area (Å²) in [6.45, 7) is 8.40. The molecule has 31 nitrogen and oxygen atoms in total. The van der Waals surface area contributed by atoms with Crippen LogP contribution in [0, 0.1) is 11.3 Å². The lowest BCUT2D eigenvalue weighted by molar-refractivity contribution is -0.228. The third-order valence-corrected chi connectivity index (χ3v) is 19.0.